The summed E-state index contributed by atoms with van der Waals surface area (Å²) < 4.78 is 35.5. The third-order valence-electron chi connectivity index (χ3n) is 6.60. The van der Waals surface area contributed by atoms with E-state index in [9.17, 15) is 19.1 Å². The van der Waals surface area contributed by atoms with Gasteiger partial charge in [-0.2, -0.15) is 10.4 Å². The lowest BCUT2D eigenvalue weighted by atomic mass is 9.99. The molecule has 1 aliphatic carbocycles. The Morgan fingerprint density at radius 1 is 1.24 bits per heavy atom. The monoisotopic (exact) mass is 450 g/mol. The number of aliphatic hydroxyl groups excluding tert-OH is 1. The van der Waals surface area contributed by atoms with E-state index < -0.39 is 23.8 Å². The van der Waals surface area contributed by atoms with Crippen LogP contribution < -0.4 is 0 Å². The number of halogens is 2. The van der Waals surface area contributed by atoms with Crippen LogP contribution in [0.3, 0.4) is 0 Å². The number of methoxy groups -OCH3 is 1. The Hall–Kier alpha value is -3.12. The molecule has 0 bridgehead atoms. The molecule has 0 fully saturated rings. The van der Waals surface area contributed by atoms with Gasteiger partial charge in [-0.3, -0.25) is 9.58 Å². The molecule has 2 atom stereocenters. The Labute approximate surface area is 190 Å². The van der Waals surface area contributed by atoms with Crippen LogP contribution >= 0.6 is 0 Å². The van der Waals surface area contributed by atoms with E-state index in [0.29, 0.717) is 36.3 Å². The minimum Gasteiger partial charge on any atom is -0.390 e. The smallest absolute Gasteiger partial charge is 0.129 e. The van der Waals surface area contributed by atoms with Gasteiger partial charge in [0.05, 0.1) is 30.0 Å². The molecular formula is C25H24F2N4O2. The topological polar surface area (TPSA) is 74.3 Å². The Morgan fingerprint density at radius 2 is 2.09 bits per heavy atom. The van der Waals surface area contributed by atoms with Crippen molar-refractivity contribution in [2.75, 3.05) is 26.8 Å². The van der Waals surface area contributed by atoms with Crippen molar-refractivity contribution in [1.29, 1.82) is 5.26 Å². The normalized spacial score (nSPS) is 19.8. The average Bonchev–Trinajstić information content (AvgIpc) is 3.34. The minimum absolute atomic E-state index is 0.111. The van der Waals surface area contributed by atoms with Crippen LogP contribution in [0.2, 0.25) is 0 Å². The average molecular weight is 450 g/mol. The van der Waals surface area contributed by atoms with E-state index >= 15 is 0 Å². The fraction of sp³-hybridized carbons (Fsp3) is 0.360. The van der Waals surface area contributed by atoms with E-state index in [1.165, 1.54) is 6.07 Å². The van der Waals surface area contributed by atoms with Crippen molar-refractivity contribution < 1.29 is 18.6 Å². The Bertz CT molecular complexity index is 1250. The molecule has 2 aliphatic rings. The summed E-state index contributed by atoms with van der Waals surface area (Å²) in [7, 11) is 1.67. The number of hydrogen-bond acceptors (Lipinski definition) is 5. The summed E-state index contributed by atoms with van der Waals surface area (Å²) in [4.78, 5) is 2.27. The lowest BCUT2D eigenvalue weighted by Gasteiger charge is -2.29. The standard InChI is InChI=1S/C25H24F2N4O2/c1-33-8-7-30-6-5-22-20(14-30)24(16-4-2-3-15(9-16)13-28)29-31(22)25-19-10-17(26)11-21(27)18(19)12-23(25)32/h2-4,9-11,23,25,32H,5-8,12,14H2,1H3/t23-,25+/m0/s1. The highest BCUT2D eigenvalue weighted by Crippen LogP contribution is 2.40. The summed E-state index contributed by atoms with van der Waals surface area (Å²) in [5.74, 6) is -1.31. The van der Waals surface area contributed by atoms with Gasteiger partial charge < -0.3 is 9.84 Å². The van der Waals surface area contributed by atoms with Crippen LogP contribution in [0.5, 0.6) is 0 Å². The highest BCUT2D eigenvalue weighted by Gasteiger charge is 2.39. The van der Waals surface area contributed by atoms with Crippen molar-refractivity contribution in [1.82, 2.24) is 14.7 Å². The van der Waals surface area contributed by atoms with Gasteiger partial charge in [-0.25, -0.2) is 8.78 Å². The van der Waals surface area contributed by atoms with Crippen LogP contribution in [0.25, 0.3) is 11.3 Å². The van der Waals surface area contributed by atoms with E-state index in [2.05, 4.69) is 11.0 Å². The number of benzene rings is 2. The molecule has 3 aromatic rings. The first-order valence-electron chi connectivity index (χ1n) is 11.0. The molecule has 1 aromatic heterocycles. The van der Waals surface area contributed by atoms with E-state index in [1.807, 2.05) is 12.1 Å². The van der Waals surface area contributed by atoms with Crippen LogP contribution in [-0.4, -0.2) is 52.7 Å². The Kier molecular flexibility index (Phi) is 5.71. The van der Waals surface area contributed by atoms with Crippen LogP contribution in [0.1, 0.15) is 34.0 Å². The van der Waals surface area contributed by atoms with Crippen molar-refractivity contribution in [3.8, 4) is 17.3 Å². The molecule has 5 rings (SSSR count). The van der Waals surface area contributed by atoms with Crippen molar-refractivity contribution in [2.24, 2.45) is 0 Å². The third kappa shape index (κ3) is 3.82. The minimum atomic E-state index is -0.912. The number of fused-ring (bicyclic) bond motifs is 2. The predicted molar refractivity (Wildman–Crippen MR) is 117 cm³/mol. The van der Waals surface area contributed by atoms with Crippen molar-refractivity contribution in [3.63, 3.8) is 0 Å². The SMILES string of the molecule is COCCN1CCc2c(c(-c3cccc(C#N)c3)nn2[C@@H]2c3cc(F)cc(F)c3C[C@@H]2O)C1. The van der Waals surface area contributed by atoms with Gasteiger partial charge in [0.15, 0.2) is 0 Å². The molecule has 8 heteroatoms. The van der Waals surface area contributed by atoms with Crippen LogP contribution in [0, 0.1) is 23.0 Å². The predicted octanol–water partition coefficient (Wildman–Crippen LogP) is 3.21. The fourth-order valence-electron chi connectivity index (χ4n) is 5.04. The van der Waals surface area contributed by atoms with Crippen LogP contribution in [0.4, 0.5) is 8.78 Å². The van der Waals surface area contributed by atoms with E-state index in [0.717, 1.165) is 41.7 Å². The molecule has 1 N–H and O–H groups in total. The number of aromatic nitrogens is 2. The molecule has 0 saturated carbocycles. The highest BCUT2D eigenvalue weighted by molar-refractivity contribution is 5.66. The highest BCUT2D eigenvalue weighted by atomic mass is 19.1. The zero-order chi connectivity index (χ0) is 23.1. The first kappa shape index (κ1) is 21.7. The summed E-state index contributed by atoms with van der Waals surface area (Å²) in [6.45, 7) is 2.80. The quantitative estimate of drug-likeness (QED) is 0.646. The van der Waals surface area contributed by atoms with E-state index in [-0.39, 0.29) is 6.42 Å². The zero-order valence-corrected chi connectivity index (χ0v) is 18.3. The summed E-state index contributed by atoms with van der Waals surface area (Å²) in [6.07, 6.45) is -0.120. The largest absolute Gasteiger partial charge is 0.390 e. The molecular weight excluding hydrogens is 426 g/mol. The molecule has 1 aliphatic heterocycles. The Morgan fingerprint density at radius 3 is 2.88 bits per heavy atom. The lowest BCUT2D eigenvalue weighted by Crippen LogP contribution is -2.34. The molecule has 0 saturated heterocycles. The number of ether oxygens (including phenoxy) is 1. The van der Waals surface area contributed by atoms with Gasteiger partial charge in [0.25, 0.3) is 0 Å². The fourth-order valence-corrected chi connectivity index (χ4v) is 5.04. The van der Waals surface area contributed by atoms with Gasteiger partial charge in [-0.15, -0.1) is 0 Å². The molecule has 6 nitrogen and oxygen atoms in total. The van der Waals surface area contributed by atoms with Crippen molar-refractivity contribution in [2.45, 2.75) is 31.5 Å². The van der Waals surface area contributed by atoms with E-state index in [4.69, 9.17) is 9.84 Å². The molecule has 0 spiro atoms. The van der Waals surface area contributed by atoms with Gasteiger partial charge in [0, 0.05) is 62.5 Å². The van der Waals surface area contributed by atoms with Gasteiger partial charge >= 0.3 is 0 Å². The second-order valence-electron chi connectivity index (χ2n) is 8.60. The second-order valence-corrected chi connectivity index (χ2v) is 8.60. The van der Waals surface area contributed by atoms with Gasteiger partial charge in [0.2, 0.25) is 0 Å². The maximum absolute atomic E-state index is 14.4. The zero-order valence-electron chi connectivity index (χ0n) is 18.3. The summed E-state index contributed by atoms with van der Waals surface area (Å²) in [5, 5.41) is 25.1. The molecule has 0 radical (unpaired) electrons. The number of hydrogen-bond donors (Lipinski definition) is 1. The van der Waals surface area contributed by atoms with Gasteiger partial charge in [0.1, 0.15) is 17.7 Å². The molecule has 0 unspecified atom stereocenters. The second kappa shape index (κ2) is 8.67. The molecule has 2 heterocycles. The number of aliphatic hydroxyl groups is 1. The van der Waals surface area contributed by atoms with E-state index in [1.54, 1.807) is 23.9 Å². The van der Waals surface area contributed by atoms with Gasteiger partial charge in [-0.1, -0.05) is 12.1 Å². The van der Waals surface area contributed by atoms with Crippen molar-refractivity contribution in [3.05, 3.63) is 76.0 Å². The summed E-state index contributed by atoms with van der Waals surface area (Å²) in [5.41, 5.74) is 4.77. The number of nitriles is 1. The molecule has 170 valence electrons. The number of rotatable bonds is 5. The lowest BCUT2D eigenvalue weighted by molar-refractivity contribution is 0.130. The first-order valence-corrected chi connectivity index (χ1v) is 11.0. The Balaban J connectivity index is 1.65. The summed E-state index contributed by atoms with van der Waals surface area (Å²) >= 11 is 0. The third-order valence-corrected chi connectivity index (χ3v) is 6.60. The van der Waals surface area contributed by atoms with Crippen LogP contribution in [0.15, 0.2) is 36.4 Å². The first-order chi connectivity index (χ1) is 16.0. The van der Waals surface area contributed by atoms with Crippen LogP contribution in [-0.2, 0) is 24.1 Å². The molecule has 0 amide bonds. The van der Waals surface area contributed by atoms with Gasteiger partial charge in [-0.05, 0) is 29.3 Å². The maximum atomic E-state index is 14.4. The maximum Gasteiger partial charge on any atom is 0.129 e. The molecule has 2 aromatic carbocycles. The van der Waals surface area contributed by atoms with Crippen molar-refractivity contribution >= 4 is 0 Å². The summed E-state index contributed by atoms with van der Waals surface area (Å²) in [6, 6.07) is 10.9. The molecule has 33 heavy (non-hydrogen) atoms. The number of nitrogens with zero attached hydrogens (tertiary/aromatic N) is 4.